The third-order valence-corrected chi connectivity index (χ3v) is 4.27. The van der Waals surface area contributed by atoms with Gasteiger partial charge in [0.1, 0.15) is 17.3 Å². The van der Waals surface area contributed by atoms with Crippen LogP contribution >= 0.6 is 0 Å². The molecule has 3 heterocycles. The Hall–Kier alpha value is -2.37. The SMILES string of the molecule is CCC1CCCCN1c1cnc(C(=O)NCc2ccco2)cn1. The van der Waals surface area contributed by atoms with Crippen molar-refractivity contribution in [2.45, 2.75) is 45.2 Å². The zero-order valence-corrected chi connectivity index (χ0v) is 13.4. The fourth-order valence-corrected chi connectivity index (χ4v) is 2.98. The lowest BCUT2D eigenvalue weighted by atomic mass is 10.0. The normalized spacial score (nSPS) is 18.0. The number of piperidine rings is 1. The Morgan fingerprint density at radius 3 is 3.00 bits per heavy atom. The van der Waals surface area contributed by atoms with E-state index in [1.807, 2.05) is 6.07 Å². The maximum absolute atomic E-state index is 12.1. The van der Waals surface area contributed by atoms with Crippen molar-refractivity contribution >= 4 is 11.7 Å². The first kappa shape index (κ1) is 15.5. The van der Waals surface area contributed by atoms with Crippen molar-refractivity contribution in [2.75, 3.05) is 11.4 Å². The Morgan fingerprint density at radius 2 is 2.30 bits per heavy atom. The van der Waals surface area contributed by atoms with Crippen molar-refractivity contribution in [1.29, 1.82) is 0 Å². The molecular weight excluding hydrogens is 292 g/mol. The molecule has 2 aromatic rings. The predicted octanol–water partition coefficient (Wildman–Crippen LogP) is 2.77. The minimum atomic E-state index is -0.244. The molecule has 2 aromatic heterocycles. The molecule has 1 fully saturated rings. The van der Waals surface area contributed by atoms with E-state index in [1.165, 1.54) is 19.3 Å². The van der Waals surface area contributed by atoms with Gasteiger partial charge >= 0.3 is 0 Å². The molecule has 0 saturated carbocycles. The number of nitrogens with one attached hydrogen (secondary N) is 1. The van der Waals surface area contributed by atoms with Gasteiger partial charge in [0.05, 0.1) is 25.2 Å². The highest BCUT2D eigenvalue weighted by molar-refractivity contribution is 5.91. The first-order chi connectivity index (χ1) is 11.3. The van der Waals surface area contributed by atoms with Crippen molar-refractivity contribution in [1.82, 2.24) is 15.3 Å². The predicted molar refractivity (Wildman–Crippen MR) is 87.2 cm³/mol. The average Bonchev–Trinajstić information content (AvgIpc) is 3.13. The molecule has 1 amide bonds. The smallest absolute Gasteiger partial charge is 0.271 e. The van der Waals surface area contributed by atoms with Crippen LogP contribution in [0.5, 0.6) is 0 Å². The molecule has 122 valence electrons. The third kappa shape index (κ3) is 3.70. The molecule has 0 aliphatic carbocycles. The van der Waals surface area contributed by atoms with Gasteiger partial charge in [0, 0.05) is 12.6 Å². The minimum Gasteiger partial charge on any atom is -0.467 e. The molecule has 0 spiro atoms. The maximum atomic E-state index is 12.1. The van der Waals surface area contributed by atoms with Crippen molar-refractivity contribution in [2.24, 2.45) is 0 Å². The van der Waals surface area contributed by atoms with Crippen LogP contribution in [-0.2, 0) is 6.54 Å². The Morgan fingerprint density at radius 1 is 1.39 bits per heavy atom. The van der Waals surface area contributed by atoms with Gasteiger partial charge in [0.25, 0.3) is 5.91 Å². The van der Waals surface area contributed by atoms with Gasteiger partial charge in [-0.25, -0.2) is 9.97 Å². The summed E-state index contributed by atoms with van der Waals surface area (Å²) in [5.41, 5.74) is 0.324. The monoisotopic (exact) mass is 314 g/mol. The summed E-state index contributed by atoms with van der Waals surface area (Å²) < 4.78 is 5.18. The molecule has 23 heavy (non-hydrogen) atoms. The molecule has 6 nitrogen and oxygen atoms in total. The second-order valence-corrected chi connectivity index (χ2v) is 5.77. The lowest BCUT2D eigenvalue weighted by Gasteiger charge is -2.35. The minimum absolute atomic E-state index is 0.244. The Labute approximate surface area is 135 Å². The van der Waals surface area contributed by atoms with E-state index in [9.17, 15) is 4.79 Å². The summed E-state index contributed by atoms with van der Waals surface area (Å²) in [5, 5.41) is 2.77. The fraction of sp³-hybridized carbons (Fsp3) is 0.471. The highest BCUT2D eigenvalue weighted by Gasteiger charge is 2.22. The molecule has 1 N–H and O–H groups in total. The topological polar surface area (TPSA) is 71.3 Å². The van der Waals surface area contributed by atoms with Crippen LogP contribution in [0.1, 0.15) is 48.9 Å². The highest BCUT2D eigenvalue weighted by atomic mass is 16.3. The molecule has 3 rings (SSSR count). The van der Waals surface area contributed by atoms with Gasteiger partial charge in [-0.1, -0.05) is 6.92 Å². The van der Waals surface area contributed by atoms with E-state index < -0.39 is 0 Å². The third-order valence-electron chi connectivity index (χ3n) is 4.27. The molecule has 0 bridgehead atoms. The van der Waals surface area contributed by atoms with Gasteiger partial charge < -0.3 is 14.6 Å². The number of carbonyl (C=O) groups is 1. The van der Waals surface area contributed by atoms with Gasteiger partial charge in [-0.05, 0) is 37.8 Å². The van der Waals surface area contributed by atoms with Crippen LogP contribution in [0.2, 0.25) is 0 Å². The highest BCUT2D eigenvalue weighted by Crippen LogP contribution is 2.24. The van der Waals surface area contributed by atoms with Crippen LogP contribution in [0.25, 0.3) is 0 Å². The number of amides is 1. The largest absolute Gasteiger partial charge is 0.467 e. The first-order valence-electron chi connectivity index (χ1n) is 8.17. The summed E-state index contributed by atoms with van der Waals surface area (Å²) in [6.45, 7) is 3.56. The molecule has 0 aromatic carbocycles. The molecule has 6 heteroatoms. The van der Waals surface area contributed by atoms with Gasteiger partial charge in [-0.2, -0.15) is 0 Å². The van der Waals surface area contributed by atoms with Crippen molar-refractivity contribution in [3.05, 3.63) is 42.2 Å². The van der Waals surface area contributed by atoms with E-state index in [0.29, 0.717) is 24.0 Å². The molecule has 1 unspecified atom stereocenters. The lowest BCUT2D eigenvalue weighted by molar-refractivity contribution is 0.0942. The summed E-state index contributed by atoms with van der Waals surface area (Å²) in [6.07, 6.45) is 9.60. The zero-order valence-electron chi connectivity index (χ0n) is 13.4. The van der Waals surface area contributed by atoms with Crippen molar-refractivity contribution < 1.29 is 9.21 Å². The molecule has 1 saturated heterocycles. The second kappa shape index (κ2) is 7.26. The van der Waals surface area contributed by atoms with Crippen LogP contribution in [0.4, 0.5) is 5.82 Å². The van der Waals surface area contributed by atoms with Crippen LogP contribution in [0.15, 0.2) is 35.2 Å². The van der Waals surface area contributed by atoms with Crippen molar-refractivity contribution in [3.8, 4) is 0 Å². The number of furan rings is 1. The number of hydrogen-bond acceptors (Lipinski definition) is 5. The van der Waals surface area contributed by atoms with Crippen LogP contribution in [0.3, 0.4) is 0 Å². The average molecular weight is 314 g/mol. The summed E-state index contributed by atoms with van der Waals surface area (Å²) >= 11 is 0. The number of rotatable bonds is 5. The van der Waals surface area contributed by atoms with Gasteiger partial charge in [0.15, 0.2) is 0 Å². The lowest BCUT2D eigenvalue weighted by Crippen LogP contribution is -2.39. The Bertz CT molecular complexity index is 625. The molecular formula is C17H22N4O2. The summed E-state index contributed by atoms with van der Waals surface area (Å²) in [7, 11) is 0. The van der Waals surface area contributed by atoms with E-state index >= 15 is 0 Å². The summed E-state index contributed by atoms with van der Waals surface area (Å²) in [6, 6.07) is 4.13. The number of aromatic nitrogens is 2. The van der Waals surface area contributed by atoms with E-state index in [0.717, 1.165) is 18.8 Å². The van der Waals surface area contributed by atoms with Gasteiger partial charge in [0.2, 0.25) is 0 Å². The standard InChI is InChI=1S/C17H22N4O2/c1-2-13-6-3-4-8-21(13)16-12-18-15(11-19-16)17(22)20-10-14-7-5-9-23-14/h5,7,9,11-13H,2-4,6,8,10H2,1H3,(H,20,22). The van der Waals surface area contributed by atoms with Crippen LogP contribution in [-0.4, -0.2) is 28.5 Å². The Balaban J connectivity index is 1.63. The summed E-state index contributed by atoms with van der Waals surface area (Å²) in [4.78, 5) is 23.1. The molecule has 0 radical (unpaired) electrons. The van der Waals surface area contributed by atoms with E-state index in [2.05, 4.69) is 27.1 Å². The number of hydrogen-bond donors (Lipinski definition) is 1. The number of anilines is 1. The fourth-order valence-electron chi connectivity index (χ4n) is 2.98. The number of nitrogens with zero attached hydrogens (tertiary/aromatic N) is 3. The zero-order chi connectivity index (χ0) is 16.1. The molecule has 1 atom stereocenters. The number of carbonyl (C=O) groups excluding carboxylic acids is 1. The van der Waals surface area contributed by atoms with E-state index in [4.69, 9.17) is 4.42 Å². The maximum Gasteiger partial charge on any atom is 0.271 e. The van der Waals surface area contributed by atoms with Gasteiger partial charge in [-0.3, -0.25) is 4.79 Å². The van der Waals surface area contributed by atoms with E-state index in [1.54, 1.807) is 24.7 Å². The van der Waals surface area contributed by atoms with Crippen molar-refractivity contribution in [3.63, 3.8) is 0 Å². The van der Waals surface area contributed by atoms with Gasteiger partial charge in [-0.15, -0.1) is 0 Å². The molecule has 1 aliphatic heterocycles. The molecule has 1 aliphatic rings. The van der Waals surface area contributed by atoms with Crippen LogP contribution in [0, 0.1) is 0 Å². The Kier molecular flexibility index (Phi) is 4.90. The van der Waals surface area contributed by atoms with Crippen LogP contribution < -0.4 is 10.2 Å². The summed E-state index contributed by atoms with van der Waals surface area (Å²) in [5.74, 6) is 1.33. The van der Waals surface area contributed by atoms with E-state index in [-0.39, 0.29) is 5.91 Å². The second-order valence-electron chi connectivity index (χ2n) is 5.77. The first-order valence-corrected chi connectivity index (χ1v) is 8.17. The quantitative estimate of drug-likeness (QED) is 0.919.